The maximum Gasteiger partial charge on any atom is 0.227 e. The maximum atomic E-state index is 12.2. The molecule has 5 heteroatoms. The molecule has 0 aliphatic carbocycles. The first-order valence-electron chi connectivity index (χ1n) is 6.59. The van der Waals surface area contributed by atoms with Crippen molar-refractivity contribution < 1.29 is 9.59 Å². The third-order valence-electron chi connectivity index (χ3n) is 3.71. The van der Waals surface area contributed by atoms with Crippen LogP contribution in [0.3, 0.4) is 0 Å². The zero-order valence-electron chi connectivity index (χ0n) is 11.9. The summed E-state index contributed by atoms with van der Waals surface area (Å²) in [5.74, 6) is 1.15. The minimum Gasteiger partial charge on any atom is -0.312 e. The lowest BCUT2D eigenvalue weighted by Crippen LogP contribution is -2.25. The fourth-order valence-corrected chi connectivity index (χ4v) is 3.55. The van der Waals surface area contributed by atoms with Crippen LogP contribution in [0.5, 0.6) is 0 Å². The molecule has 0 spiro atoms. The smallest absolute Gasteiger partial charge is 0.227 e. The summed E-state index contributed by atoms with van der Waals surface area (Å²) in [5.41, 5.74) is 3.29. The number of thioether (sulfide) groups is 1. The van der Waals surface area contributed by atoms with E-state index >= 15 is 0 Å². The molecule has 1 atom stereocenters. The summed E-state index contributed by atoms with van der Waals surface area (Å²) in [6.45, 7) is 6.37. The molecule has 1 fully saturated rings. The molecule has 0 saturated carbocycles. The summed E-state index contributed by atoms with van der Waals surface area (Å²) < 4.78 is 1.06. The molecular formula is C15H18BrNO2S. The molecular weight excluding hydrogens is 338 g/mol. The normalized spacial score (nSPS) is 18.7. The molecule has 2 rings (SSSR count). The van der Waals surface area contributed by atoms with Crippen LogP contribution in [0.15, 0.2) is 16.6 Å². The van der Waals surface area contributed by atoms with Gasteiger partial charge in [-0.25, -0.2) is 0 Å². The Labute approximate surface area is 132 Å². The van der Waals surface area contributed by atoms with Crippen LogP contribution >= 0.6 is 27.7 Å². The van der Waals surface area contributed by atoms with Crippen molar-refractivity contribution in [3.8, 4) is 0 Å². The van der Waals surface area contributed by atoms with Crippen LogP contribution in [-0.4, -0.2) is 23.3 Å². The van der Waals surface area contributed by atoms with Crippen LogP contribution in [-0.2, 0) is 9.59 Å². The minimum atomic E-state index is 0.117. The summed E-state index contributed by atoms with van der Waals surface area (Å²) in [6.07, 6.45) is 0.537. The SMILES string of the molecule is CC(=O)SCC1CC(=O)N(c2ccc(Br)c(C)c2C)C1. The Balaban J connectivity index is 2.16. The number of rotatable bonds is 3. The highest BCUT2D eigenvalue weighted by Gasteiger charge is 2.31. The Hall–Kier alpha value is -0.810. The van der Waals surface area contributed by atoms with Gasteiger partial charge in [-0.3, -0.25) is 9.59 Å². The molecule has 0 radical (unpaired) electrons. The summed E-state index contributed by atoms with van der Waals surface area (Å²) in [6, 6.07) is 3.98. The van der Waals surface area contributed by atoms with Crippen molar-refractivity contribution in [1.29, 1.82) is 0 Å². The van der Waals surface area contributed by atoms with Crippen molar-refractivity contribution in [2.24, 2.45) is 5.92 Å². The molecule has 1 aromatic carbocycles. The molecule has 3 nitrogen and oxygen atoms in total. The second kappa shape index (κ2) is 6.31. The fourth-order valence-electron chi connectivity index (χ4n) is 2.43. The number of amides is 1. The molecule has 1 heterocycles. The van der Waals surface area contributed by atoms with E-state index in [4.69, 9.17) is 0 Å². The first kappa shape index (κ1) is 15.6. The number of hydrogen-bond donors (Lipinski definition) is 0. The Morgan fingerprint density at radius 1 is 1.40 bits per heavy atom. The van der Waals surface area contributed by atoms with Crippen LogP contribution in [0.1, 0.15) is 24.5 Å². The van der Waals surface area contributed by atoms with E-state index in [0.717, 1.165) is 27.0 Å². The van der Waals surface area contributed by atoms with Gasteiger partial charge < -0.3 is 4.90 Å². The Morgan fingerprint density at radius 2 is 2.10 bits per heavy atom. The van der Waals surface area contributed by atoms with E-state index in [-0.39, 0.29) is 16.9 Å². The Bertz CT molecular complexity index is 559. The van der Waals surface area contributed by atoms with E-state index in [9.17, 15) is 9.59 Å². The lowest BCUT2D eigenvalue weighted by molar-refractivity contribution is -0.117. The monoisotopic (exact) mass is 355 g/mol. The van der Waals surface area contributed by atoms with Crippen molar-refractivity contribution in [2.75, 3.05) is 17.2 Å². The summed E-state index contributed by atoms with van der Waals surface area (Å²) in [5, 5.41) is 0.117. The number of nitrogens with zero attached hydrogens (tertiary/aromatic N) is 1. The lowest BCUT2D eigenvalue weighted by Gasteiger charge is -2.21. The second-order valence-electron chi connectivity index (χ2n) is 5.19. The molecule has 20 heavy (non-hydrogen) atoms. The van der Waals surface area contributed by atoms with Crippen molar-refractivity contribution in [2.45, 2.75) is 27.2 Å². The predicted molar refractivity (Wildman–Crippen MR) is 87.2 cm³/mol. The Kier molecular flexibility index (Phi) is 4.91. The van der Waals surface area contributed by atoms with E-state index in [1.54, 1.807) is 6.92 Å². The van der Waals surface area contributed by atoms with E-state index in [0.29, 0.717) is 13.0 Å². The summed E-state index contributed by atoms with van der Waals surface area (Å²) in [7, 11) is 0. The lowest BCUT2D eigenvalue weighted by atomic mass is 10.1. The van der Waals surface area contributed by atoms with Gasteiger partial charge in [-0.05, 0) is 43.0 Å². The van der Waals surface area contributed by atoms with E-state index in [2.05, 4.69) is 15.9 Å². The maximum absolute atomic E-state index is 12.2. The zero-order valence-corrected chi connectivity index (χ0v) is 14.3. The molecule has 1 aromatic rings. The van der Waals surface area contributed by atoms with Crippen molar-refractivity contribution in [3.63, 3.8) is 0 Å². The molecule has 1 aliphatic heterocycles. The molecule has 1 aliphatic rings. The molecule has 1 amide bonds. The van der Waals surface area contributed by atoms with E-state index in [1.807, 2.05) is 30.9 Å². The number of carbonyl (C=O) groups is 2. The molecule has 0 bridgehead atoms. The van der Waals surface area contributed by atoms with Gasteiger partial charge in [0.05, 0.1) is 0 Å². The van der Waals surface area contributed by atoms with Gasteiger partial charge in [0, 0.05) is 35.8 Å². The number of carbonyl (C=O) groups excluding carboxylic acids is 2. The molecule has 0 aromatic heterocycles. The standard InChI is InChI=1S/C15H18BrNO2S/c1-9-10(2)14(5-4-13(9)16)17-7-12(6-15(17)19)8-20-11(3)18/h4-5,12H,6-8H2,1-3H3. The van der Waals surface area contributed by atoms with Crippen LogP contribution in [0.2, 0.25) is 0 Å². The van der Waals surface area contributed by atoms with Gasteiger partial charge in [0.15, 0.2) is 5.12 Å². The van der Waals surface area contributed by atoms with Gasteiger partial charge in [0.2, 0.25) is 5.91 Å². The number of hydrogen-bond acceptors (Lipinski definition) is 3. The highest BCUT2D eigenvalue weighted by atomic mass is 79.9. The molecule has 0 N–H and O–H groups in total. The molecule has 1 unspecified atom stereocenters. The zero-order chi connectivity index (χ0) is 14.9. The van der Waals surface area contributed by atoms with Crippen LogP contribution < -0.4 is 4.90 Å². The van der Waals surface area contributed by atoms with Crippen LogP contribution in [0.25, 0.3) is 0 Å². The number of halogens is 1. The number of anilines is 1. The van der Waals surface area contributed by atoms with Gasteiger partial charge in [-0.15, -0.1) is 0 Å². The molecule has 108 valence electrons. The topological polar surface area (TPSA) is 37.4 Å². The Morgan fingerprint density at radius 3 is 2.75 bits per heavy atom. The third-order valence-corrected chi connectivity index (χ3v) is 5.61. The van der Waals surface area contributed by atoms with Crippen molar-refractivity contribution in [3.05, 3.63) is 27.7 Å². The highest BCUT2D eigenvalue weighted by Crippen LogP contribution is 2.33. The predicted octanol–water partition coefficient (Wildman–Crippen LogP) is 3.70. The van der Waals surface area contributed by atoms with Gasteiger partial charge in [-0.1, -0.05) is 27.7 Å². The van der Waals surface area contributed by atoms with E-state index < -0.39 is 0 Å². The average Bonchev–Trinajstić information content (AvgIpc) is 2.75. The van der Waals surface area contributed by atoms with Crippen LogP contribution in [0, 0.1) is 19.8 Å². The minimum absolute atomic E-state index is 0.117. The van der Waals surface area contributed by atoms with Gasteiger partial charge >= 0.3 is 0 Å². The first-order valence-corrected chi connectivity index (χ1v) is 8.37. The number of benzene rings is 1. The summed E-state index contributed by atoms with van der Waals surface area (Å²) in [4.78, 5) is 25.1. The van der Waals surface area contributed by atoms with Gasteiger partial charge in [-0.2, -0.15) is 0 Å². The van der Waals surface area contributed by atoms with Crippen molar-refractivity contribution >= 4 is 44.4 Å². The van der Waals surface area contributed by atoms with E-state index in [1.165, 1.54) is 11.8 Å². The molecule has 1 saturated heterocycles. The fraction of sp³-hybridized carbons (Fsp3) is 0.467. The quantitative estimate of drug-likeness (QED) is 0.829. The average molecular weight is 356 g/mol. The van der Waals surface area contributed by atoms with Crippen LogP contribution in [0.4, 0.5) is 5.69 Å². The van der Waals surface area contributed by atoms with Crippen molar-refractivity contribution in [1.82, 2.24) is 0 Å². The largest absolute Gasteiger partial charge is 0.312 e. The second-order valence-corrected chi connectivity index (χ2v) is 7.24. The first-order chi connectivity index (χ1) is 9.40. The summed E-state index contributed by atoms with van der Waals surface area (Å²) >= 11 is 4.82. The highest BCUT2D eigenvalue weighted by molar-refractivity contribution is 9.10. The van der Waals surface area contributed by atoms with Gasteiger partial charge in [0.25, 0.3) is 0 Å². The van der Waals surface area contributed by atoms with Gasteiger partial charge in [0.1, 0.15) is 0 Å². The third kappa shape index (κ3) is 3.26.